The maximum Gasteiger partial charge on any atom is 0.306 e. The third-order valence-corrected chi connectivity index (χ3v) is 10.5. The zero-order chi connectivity index (χ0) is 23.4. The first-order valence-corrected chi connectivity index (χ1v) is 13.1. The van der Waals surface area contributed by atoms with Gasteiger partial charge in [-0.2, -0.15) is 0 Å². The summed E-state index contributed by atoms with van der Waals surface area (Å²) >= 11 is 0. The Morgan fingerprint density at radius 2 is 1.84 bits per heavy atom. The molecule has 0 amide bonds. The number of carbonyl (C=O) groups excluding carboxylic acids is 2. The Bertz CT molecular complexity index is 734. The predicted molar refractivity (Wildman–Crippen MR) is 123 cm³/mol. The average molecular weight is 449 g/mol. The second-order valence-corrected chi connectivity index (χ2v) is 12.4. The Morgan fingerprint density at radius 1 is 1.12 bits per heavy atom. The summed E-state index contributed by atoms with van der Waals surface area (Å²) in [5.41, 5.74) is -0.179. The molecular formula is C27H44O5. The van der Waals surface area contributed by atoms with E-state index in [0.29, 0.717) is 42.8 Å². The molecule has 182 valence electrons. The summed E-state index contributed by atoms with van der Waals surface area (Å²) < 4.78 is 5.32. The number of Topliss-reactive ketones (excluding diaryl/α,β-unsaturated/α-hetero) is 1. The van der Waals surface area contributed by atoms with E-state index in [-0.39, 0.29) is 46.8 Å². The molecule has 0 aromatic rings. The Balaban J connectivity index is 1.53. The number of aliphatic hydroxyl groups excluding tert-OH is 2. The van der Waals surface area contributed by atoms with E-state index in [4.69, 9.17) is 4.74 Å². The number of aliphatic hydroxyl groups is 2. The lowest BCUT2D eigenvalue weighted by Crippen LogP contribution is -2.62. The van der Waals surface area contributed by atoms with Crippen molar-refractivity contribution in [1.29, 1.82) is 0 Å². The summed E-state index contributed by atoms with van der Waals surface area (Å²) in [6.07, 6.45) is 6.04. The van der Waals surface area contributed by atoms with Crippen LogP contribution >= 0.6 is 0 Å². The second kappa shape index (κ2) is 8.69. The number of ether oxygens (including phenoxy) is 1. The van der Waals surface area contributed by atoms with E-state index in [1.807, 2.05) is 13.8 Å². The number of esters is 1. The number of hydrogen-bond donors (Lipinski definition) is 2. The first-order chi connectivity index (χ1) is 15.0. The van der Waals surface area contributed by atoms with Crippen LogP contribution < -0.4 is 0 Å². The molecule has 4 aliphatic carbocycles. The number of fused-ring (bicyclic) bond motifs is 5. The number of hydrogen-bond acceptors (Lipinski definition) is 5. The molecule has 32 heavy (non-hydrogen) atoms. The van der Waals surface area contributed by atoms with Crippen molar-refractivity contribution in [2.45, 2.75) is 111 Å². The molecule has 4 unspecified atom stereocenters. The van der Waals surface area contributed by atoms with Crippen LogP contribution in [0.4, 0.5) is 0 Å². The molecule has 0 saturated heterocycles. The van der Waals surface area contributed by atoms with E-state index in [1.54, 1.807) is 0 Å². The van der Waals surface area contributed by atoms with Crippen molar-refractivity contribution < 1.29 is 24.5 Å². The van der Waals surface area contributed by atoms with Crippen LogP contribution in [0.1, 0.15) is 92.4 Å². The number of ketones is 1. The Kier molecular flexibility index (Phi) is 6.57. The molecule has 0 aromatic carbocycles. The lowest BCUT2D eigenvalue weighted by Gasteiger charge is -2.63. The topological polar surface area (TPSA) is 83.8 Å². The van der Waals surface area contributed by atoms with Crippen molar-refractivity contribution in [2.75, 3.05) is 0 Å². The van der Waals surface area contributed by atoms with Crippen LogP contribution in [0.3, 0.4) is 0 Å². The molecule has 4 saturated carbocycles. The van der Waals surface area contributed by atoms with Crippen molar-refractivity contribution in [3.05, 3.63) is 0 Å². The minimum absolute atomic E-state index is 0.0461. The lowest BCUT2D eigenvalue weighted by atomic mass is 9.43. The second-order valence-electron chi connectivity index (χ2n) is 12.4. The summed E-state index contributed by atoms with van der Waals surface area (Å²) in [6.45, 7) is 10.6. The van der Waals surface area contributed by atoms with Crippen molar-refractivity contribution in [3.8, 4) is 0 Å². The first-order valence-electron chi connectivity index (χ1n) is 13.1. The van der Waals surface area contributed by atoms with E-state index in [1.165, 1.54) is 0 Å². The normalized spacial score (nSPS) is 46.9. The van der Waals surface area contributed by atoms with Gasteiger partial charge in [0.25, 0.3) is 0 Å². The molecule has 5 heteroatoms. The summed E-state index contributed by atoms with van der Waals surface area (Å²) in [5.74, 6) is 1.92. The monoisotopic (exact) mass is 448 g/mol. The van der Waals surface area contributed by atoms with Crippen LogP contribution in [0.15, 0.2) is 0 Å². The Morgan fingerprint density at radius 3 is 2.53 bits per heavy atom. The van der Waals surface area contributed by atoms with Gasteiger partial charge in [0.2, 0.25) is 0 Å². The molecule has 0 heterocycles. The summed E-state index contributed by atoms with van der Waals surface area (Å²) in [4.78, 5) is 24.2. The fourth-order valence-electron chi connectivity index (χ4n) is 8.81. The van der Waals surface area contributed by atoms with Gasteiger partial charge in [0.1, 0.15) is 5.78 Å². The number of rotatable bonds is 5. The van der Waals surface area contributed by atoms with Crippen LogP contribution in [-0.4, -0.2) is 40.3 Å². The van der Waals surface area contributed by atoms with E-state index >= 15 is 0 Å². The van der Waals surface area contributed by atoms with Crippen molar-refractivity contribution in [2.24, 2.45) is 46.3 Å². The molecule has 0 aliphatic heterocycles. The Labute approximate surface area is 193 Å². The van der Waals surface area contributed by atoms with Gasteiger partial charge >= 0.3 is 5.97 Å². The van der Waals surface area contributed by atoms with Crippen molar-refractivity contribution in [3.63, 3.8) is 0 Å². The summed E-state index contributed by atoms with van der Waals surface area (Å²) in [5, 5.41) is 22.9. The third-order valence-electron chi connectivity index (χ3n) is 10.5. The van der Waals surface area contributed by atoms with E-state index in [9.17, 15) is 19.8 Å². The third kappa shape index (κ3) is 3.85. The highest BCUT2D eigenvalue weighted by molar-refractivity contribution is 5.79. The van der Waals surface area contributed by atoms with Crippen LogP contribution in [0, 0.1) is 46.3 Å². The highest BCUT2D eigenvalue weighted by Crippen LogP contribution is 2.68. The summed E-state index contributed by atoms with van der Waals surface area (Å²) in [6, 6.07) is 0. The molecule has 2 N–H and O–H groups in total. The molecule has 0 aromatic heterocycles. The molecule has 5 nitrogen and oxygen atoms in total. The first kappa shape index (κ1) is 24.2. The maximum atomic E-state index is 12.1. The fraction of sp³-hybridized carbons (Fsp3) is 0.926. The lowest BCUT2D eigenvalue weighted by molar-refractivity contribution is -0.201. The van der Waals surface area contributed by atoms with Gasteiger partial charge in [0.05, 0.1) is 18.3 Å². The molecule has 10 atom stereocenters. The number of carbonyl (C=O) groups is 2. The Hall–Kier alpha value is -0.940. The van der Waals surface area contributed by atoms with Crippen molar-refractivity contribution in [1.82, 2.24) is 0 Å². The molecule has 4 aliphatic rings. The van der Waals surface area contributed by atoms with Gasteiger partial charge < -0.3 is 14.9 Å². The summed E-state index contributed by atoms with van der Waals surface area (Å²) in [7, 11) is 0. The average Bonchev–Trinajstić information content (AvgIpc) is 3.06. The molecule has 0 radical (unpaired) electrons. The SMILES string of the molecule is CC(C)OC(=O)CC[C@@H](C)[C@H]1CCC2C3C(C[C@H](O)[C@@]21C)[C@@]1(C)CCC(=O)CC1C[C@H]3O. The van der Waals surface area contributed by atoms with Gasteiger partial charge in [-0.3, -0.25) is 9.59 Å². The maximum absolute atomic E-state index is 12.1. The van der Waals surface area contributed by atoms with Crippen LogP contribution in [0.5, 0.6) is 0 Å². The van der Waals surface area contributed by atoms with E-state index < -0.39 is 6.10 Å². The van der Waals surface area contributed by atoms with Crippen LogP contribution in [-0.2, 0) is 14.3 Å². The minimum Gasteiger partial charge on any atom is -0.463 e. The molecule has 0 bridgehead atoms. The fourth-order valence-corrected chi connectivity index (χ4v) is 8.81. The standard InChI is InChI=1S/C27H44O5/c1-15(2)32-24(31)9-6-16(3)19-7-8-20-25-21(14-23(30)27(19,20)5)26(4)11-10-18(28)12-17(26)13-22(25)29/h15-17,19-23,25,29-30H,6-14H2,1-5H3/t16-,17?,19-,20?,21?,22-,23+,25?,26+,27-/m1/s1. The van der Waals surface area contributed by atoms with Gasteiger partial charge in [-0.1, -0.05) is 20.8 Å². The highest BCUT2D eigenvalue weighted by Gasteiger charge is 2.65. The quantitative estimate of drug-likeness (QED) is 0.604. The van der Waals surface area contributed by atoms with Crippen LogP contribution in [0.2, 0.25) is 0 Å². The zero-order valence-electron chi connectivity index (χ0n) is 20.7. The largest absolute Gasteiger partial charge is 0.463 e. The molecule has 0 spiro atoms. The predicted octanol–water partition coefficient (Wildman–Crippen LogP) is 4.52. The minimum atomic E-state index is -0.397. The molecule has 4 fully saturated rings. The van der Waals surface area contributed by atoms with Gasteiger partial charge in [-0.25, -0.2) is 0 Å². The van der Waals surface area contributed by atoms with Crippen molar-refractivity contribution >= 4 is 11.8 Å². The van der Waals surface area contributed by atoms with E-state index in [2.05, 4.69) is 20.8 Å². The zero-order valence-corrected chi connectivity index (χ0v) is 20.7. The highest BCUT2D eigenvalue weighted by atomic mass is 16.5. The smallest absolute Gasteiger partial charge is 0.306 e. The van der Waals surface area contributed by atoms with Gasteiger partial charge in [0, 0.05) is 19.3 Å². The van der Waals surface area contributed by atoms with Gasteiger partial charge in [-0.05, 0) is 98.7 Å². The van der Waals surface area contributed by atoms with Crippen LogP contribution in [0.25, 0.3) is 0 Å². The van der Waals surface area contributed by atoms with Gasteiger partial charge in [-0.15, -0.1) is 0 Å². The van der Waals surface area contributed by atoms with Gasteiger partial charge in [0.15, 0.2) is 0 Å². The molecule has 4 rings (SSSR count). The van der Waals surface area contributed by atoms with E-state index in [0.717, 1.165) is 38.5 Å². The molecular weight excluding hydrogens is 404 g/mol.